The number of alkyl halides is 2. The van der Waals surface area contributed by atoms with Crippen LogP contribution in [0.25, 0.3) is 0 Å². The third-order valence-corrected chi connectivity index (χ3v) is 1.84. The van der Waals surface area contributed by atoms with Crippen LogP contribution >= 0.6 is 28.3 Å². The molecule has 0 aromatic carbocycles. The average molecular weight is 274 g/mol. The van der Waals surface area contributed by atoms with Crippen molar-refractivity contribution in [3.05, 3.63) is 28.5 Å². The first kappa shape index (κ1) is 12.7. The van der Waals surface area contributed by atoms with E-state index in [2.05, 4.69) is 20.9 Å². The molecule has 0 saturated heterocycles. The molecule has 0 amide bonds. The highest BCUT2D eigenvalue weighted by Crippen LogP contribution is 2.19. The summed E-state index contributed by atoms with van der Waals surface area (Å²) in [6.45, 7) is 0. The van der Waals surface area contributed by atoms with Crippen LogP contribution in [0, 0.1) is 0 Å². The summed E-state index contributed by atoms with van der Waals surface area (Å²) in [6, 6.07) is 1.72. The molecular weight excluding hydrogens is 265 g/mol. The summed E-state index contributed by atoms with van der Waals surface area (Å²) >= 11 is 3.07. The molecule has 2 N–H and O–H groups in total. The van der Waals surface area contributed by atoms with Crippen LogP contribution in [0.1, 0.15) is 11.6 Å². The van der Waals surface area contributed by atoms with Crippen molar-refractivity contribution in [2.75, 3.05) is 0 Å². The van der Waals surface area contributed by atoms with E-state index in [1.165, 1.54) is 18.3 Å². The van der Waals surface area contributed by atoms with Gasteiger partial charge in [-0.05, 0) is 33.6 Å². The quantitative estimate of drug-likeness (QED) is 0.841. The lowest BCUT2D eigenvalue weighted by atomic mass is 10.1. The molecule has 0 unspecified atom stereocenters. The lowest BCUT2D eigenvalue weighted by Crippen LogP contribution is -2.18. The molecule has 1 aromatic heterocycles. The van der Waals surface area contributed by atoms with Crippen LogP contribution in [-0.4, -0.2) is 11.4 Å². The van der Waals surface area contributed by atoms with Crippen molar-refractivity contribution in [3.8, 4) is 0 Å². The second kappa shape index (κ2) is 5.47. The topological polar surface area (TPSA) is 38.9 Å². The van der Waals surface area contributed by atoms with Crippen LogP contribution in [0.5, 0.6) is 0 Å². The Bertz CT molecular complexity index is 272. The minimum absolute atomic E-state index is 0. The van der Waals surface area contributed by atoms with Gasteiger partial charge in [0.2, 0.25) is 0 Å². The van der Waals surface area contributed by atoms with Gasteiger partial charge in [-0.25, -0.2) is 13.8 Å². The zero-order valence-electron chi connectivity index (χ0n) is 6.45. The van der Waals surface area contributed by atoms with Crippen molar-refractivity contribution < 1.29 is 8.78 Å². The van der Waals surface area contributed by atoms with Crippen molar-refractivity contribution in [3.63, 3.8) is 0 Å². The van der Waals surface area contributed by atoms with Crippen LogP contribution in [0.4, 0.5) is 8.78 Å². The van der Waals surface area contributed by atoms with E-state index in [1.54, 1.807) is 0 Å². The summed E-state index contributed by atoms with van der Waals surface area (Å²) in [5.74, 6) is 0. The molecule has 0 saturated carbocycles. The number of hydrogen-bond acceptors (Lipinski definition) is 2. The normalized spacial score (nSPS) is 12.4. The molecule has 0 aliphatic rings. The Hall–Kier alpha value is -0.260. The summed E-state index contributed by atoms with van der Waals surface area (Å²) in [6.07, 6.45) is -1.11. The molecule has 1 atom stereocenters. The Morgan fingerprint density at radius 2 is 2.08 bits per heavy atom. The molecule has 0 spiro atoms. The largest absolute Gasteiger partial charge is 0.319 e. The molecule has 74 valence electrons. The monoisotopic (exact) mass is 272 g/mol. The zero-order chi connectivity index (χ0) is 9.14. The van der Waals surface area contributed by atoms with Gasteiger partial charge in [-0.15, -0.1) is 12.4 Å². The second-order valence-electron chi connectivity index (χ2n) is 2.27. The Balaban J connectivity index is 0.00000144. The van der Waals surface area contributed by atoms with Gasteiger partial charge in [0.15, 0.2) is 0 Å². The van der Waals surface area contributed by atoms with Crippen LogP contribution < -0.4 is 5.73 Å². The predicted molar refractivity (Wildman–Crippen MR) is 52.1 cm³/mol. The van der Waals surface area contributed by atoms with Gasteiger partial charge >= 0.3 is 0 Å². The van der Waals surface area contributed by atoms with E-state index < -0.39 is 12.5 Å². The number of hydrogen-bond donors (Lipinski definition) is 1. The molecule has 0 fully saturated rings. The fraction of sp³-hybridized carbons (Fsp3) is 0.286. The maximum Gasteiger partial charge on any atom is 0.257 e. The van der Waals surface area contributed by atoms with Crippen molar-refractivity contribution >= 4 is 28.3 Å². The maximum absolute atomic E-state index is 12.1. The number of halogens is 4. The Morgan fingerprint density at radius 3 is 2.54 bits per heavy atom. The third kappa shape index (κ3) is 3.54. The highest BCUT2D eigenvalue weighted by atomic mass is 79.9. The van der Waals surface area contributed by atoms with Gasteiger partial charge in [-0.3, -0.25) is 0 Å². The molecule has 13 heavy (non-hydrogen) atoms. The van der Waals surface area contributed by atoms with Gasteiger partial charge in [0.05, 0.1) is 6.04 Å². The second-order valence-corrected chi connectivity index (χ2v) is 3.08. The lowest BCUT2D eigenvalue weighted by molar-refractivity contribution is 0.116. The molecular formula is C7H8BrClF2N2. The highest BCUT2D eigenvalue weighted by molar-refractivity contribution is 9.10. The van der Waals surface area contributed by atoms with Gasteiger partial charge in [-0.1, -0.05) is 0 Å². The van der Waals surface area contributed by atoms with Gasteiger partial charge in [0, 0.05) is 6.20 Å². The summed E-state index contributed by atoms with van der Waals surface area (Å²) in [5, 5.41) is 0. The van der Waals surface area contributed by atoms with E-state index in [0.29, 0.717) is 10.2 Å². The standard InChI is InChI=1S/C7H7BrF2N2.ClH/c8-5-3-4(1-2-12-5)6(11)7(9)10;/h1-3,6-7H,11H2;1H/t6-;/m1./s1. The molecule has 1 rings (SSSR count). The molecule has 2 nitrogen and oxygen atoms in total. The van der Waals surface area contributed by atoms with Gasteiger partial charge in [-0.2, -0.15) is 0 Å². The molecule has 1 aromatic rings. The van der Waals surface area contributed by atoms with E-state index in [9.17, 15) is 8.78 Å². The molecule has 0 aliphatic carbocycles. The SMILES string of the molecule is Cl.N[C@H](c1ccnc(Br)c1)C(F)F. The first-order chi connectivity index (χ1) is 5.61. The summed E-state index contributed by atoms with van der Waals surface area (Å²) in [7, 11) is 0. The van der Waals surface area contributed by atoms with Crippen molar-refractivity contribution in [2.24, 2.45) is 5.73 Å². The van der Waals surface area contributed by atoms with E-state index >= 15 is 0 Å². The number of aromatic nitrogens is 1. The molecule has 0 bridgehead atoms. The minimum Gasteiger partial charge on any atom is -0.319 e. The fourth-order valence-corrected chi connectivity index (χ4v) is 1.15. The Labute approximate surface area is 89.1 Å². The number of pyridine rings is 1. The van der Waals surface area contributed by atoms with Crippen molar-refractivity contribution in [2.45, 2.75) is 12.5 Å². The van der Waals surface area contributed by atoms with Crippen LogP contribution in [0.3, 0.4) is 0 Å². The van der Waals surface area contributed by atoms with Gasteiger partial charge in [0.25, 0.3) is 6.43 Å². The average Bonchev–Trinajstić information content (AvgIpc) is 2.03. The maximum atomic E-state index is 12.1. The van der Waals surface area contributed by atoms with E-state index in [1.807, 2.05) is 0 Å². The number of rotatable bonds is 2. The predicted octanol–water partition coefficient (Wildman–Crippen LogP) is 2.53. The molecule has 6 heteroatoms. The Kier molecular flexibility index (Phi) is 5.36. The summed E-state index contributed by atoms with van der Waals surface area (Å²) in [4.78, 5) is 3.80. The number of nitrogens with zero attached hydrogens (tertiary/aromatic N) is 1. The fourth-order valence-electron chi connectivity index (χ4n) is 0.770. The highest BCUT2D eigenvalue weighted by Gasteiger charge is 2.17. The molecule has 1 heterocycles. The zero-order valence-corrected chi connectivity index (χ0v) is 8.86. The van der Waals surface area contributed by atoms with Crippen molar-refractivity contribution in [1.29, 1.82) is 0 Å². The van der Waals surface area contributed by atoms with Gasteiger partial charge < -0.3 is 5.73 Å². The van der Waals surface area contributed by atoms with E-state index in [-0.39, 0.29) is 12.4 Å². The van der Waals surface area contributed by atoms with Gasteiger partial charge in [0.1, 0.15) is 4.60 Å². The van der Waals surface area contributed by atoms with E-state index in [0.717, 1.165) is 0 Å². The smallest absolute Gasteiger partial charge is 0.257 e. The molecule has 0 aliphatic heterocycles. The van der Waals surface area contributed by atoms with Crippen LogP contribution in [0.2, 0.25) is 0 Å². The van der Waals surface area contributed by atoms with Crippen LogP contribution in [0.15, 0.2) is 22.9 Å². The first-order valence-electron chi connectivity index (χ1n) is 3.26. The summed E-state index contributed by atoms with van der Waals surface area (Å²) in [5.41, 5.74) is 5.59. The van der Waals surface area contributed by atoms with Crippen molar-refractivity contribution in [1.82, 2.24) is 4.98 Å². The van der Waals surface area contributed by atoms with Crippen LogP contribution in [-0.2, 0) is 0 Å². The summed E-state index contributed by atoms with van der Waals surface area (Å²) < 4.78 is 24.7. The molecule has 0 radical (unpaired) electrons. The minimum atomic E-state index is -2.54. The van der Waals surface area contributed by atoms with E-state index in [4.69, 9.17) is 5.73 Å². The lowest BCUT2D eigenvalue weighted by Gasteiger charge is -2.09. The first-order valence-corrected chi connectivity index (χ1v) is 4.05. The number of nitrogens with two attached hydrogens (primary N) is 1. The third-order valence-electron chi connectivity index (χ3n) is 1.41. The Morgan fingerprint density at radius 1 is 1.46 bits per heavy atom.